The molecule has 0 aromatic carbocycles. The molecule has 1 aromatic rings. The third kappa shape index (κ3) is 3.19. The lowest BCUT2D eigenvalue weighted by Crippen LogP contribution is -2.52. The lowest BCUT2D eigenvalue weighted by atomic mass is 9.45. The van der Waals surface area contributed by atoms with Gasteiger partial charge < -0.3 is 10.2 Å². The first kappa shape index (κ1) is 21.8. The van der Waals surface area contributed by atoms with Crippen molar-refractivity contribution in [3.8, 4) is 0 Å². The maximum absolute atomic E-state index is 11.8. The zero-order valence-corrected chi connectivity index (χ0v) is 19.6. The minimum atomic E-state index is -0.758. The van der Waals surface area contributed by atoms with E-state index >= 15 is 0 Å². The van der Waals surface area contributed by atoms with Gasteiger partial charge in [-0.25, -0.2) is 0 Å². The van der Waals surface area contributed by atoms with Gasteiger partial charge in [0, 0.05) is 12.4 Å². The van der Waals surface area contributed by atoms with Crippen LogP contribution in [0.1, 0.15) is 77.8 Å². The van der Waals surface area contributed by atoms with Gasteiger partial charge in [-0.1, -0.05) is 38.0 Å². The molecule has 4 aliphatic carbocycles. The molecule has 32 heavy (non-hydrogen) atoms. The fraction of sp³-hybridized carbons (Fsp3) is 0.667. The molecular weight excluding hydrogens is 400 g/mol. The Kier molecular flexibility index (Phi) is 5.31. The number of aliphatic hydroxyl groups is 1. The molecule has 0 spiro atoms. The summed E-state index contributed by atoms with van der Waals surface area (Å²) < 4.78 is 0. The van der Waals surface area contributed by atoms with Crippen molar-refractivity contribution >= 4 is 11.5 Å². The Morgan fingerprint density at radius 1 is 1.12 bits per heavy atom. The van der Waals surface area contributed by atoms with E-state index in [1.807, 2.05) is 6.20 Å². The summed E-state index contributed by atoms with van der Waals surface area (Å²) in [4.78, 5) is 20.8. The van der Waals surface area contributed by atoms with E-state index in [1.165, 1.54) is 5.57 Å². The minimum absolute atomic E-state index is 0.0642. The Labute approximate surface area is 191 Å². The average Bonchev–Trinajstić information content (AvgIpc) is 3.05. The van der Waals surface area contributed by atoms with E-state index in [-0.39, 0.29) is 23.4 Å². The summed E-state index contributed by atoms with van der Waals surface area (Å²) in [7, 11) is 0. The van der Waals surface area contributed by atoms with Crippen molar-refractivity contribution in [1.29, 1.82) is 0 Å². The van der Waals surface area contributed by atoms with Crippen LogP contribution >= 0.6 is 0 Å². The zero-order chi connectivity index (χ0) is 22.7. The molecule has 0 radical (unpaired) electrons. The maximum Gasteiger partial charge on any atom is 0.307 e. The third-order valence-electron chi connectivity index (χ3n) is 9.68. The number of hydrogen-bond acceptors (Lipinski definition) is 4. The van der Waals surface area contributed by atoms with E-state index in [2.05, 4.69) is 36.8 Å². The number of carboxylic acids is 1. The Bertz CT molecular complexity index is 970. The Morgan fingerprint density at radius 2 is 1.91 bits per heavy atom. The summed E-state index contributed by atoms with van der Waals surface area (Å²) >= 11 is 0. The van der Waals surface area contributed by atoms with Crippen LogP contribution in [0, 0.1) is 34.5 Å². The van der Waals surface area contributed by atoms with Crippen LogP contribution in [-0.4, -0.2) is 32.3 Å². The number of aliphatic hydroxyl groups excluding tert-OH is 1. The number of nitrogens with zero attached hydrogens (tertiary/aromatic N) is 2. The van der Waals surface area contributed by atoms with Gasteiger partial charge in [0.2, 0.25) is 0 Å². The monoisotopic (exact) mass is 436 g/mol. The van der Waals surface area contributed by atoms with Crippen molar-refractivity contribution < 1.29 is 15.0 Å². The van der Waals surface area contributed by atoms with Crippen molar-refractivity contribution in [3.63, 3.8) is 0 Å². The smallest absolute Gasteiger partial charge is 0.307 e. The largest absolute Gasteiger partial charge is 0.481 e. The third-order valence-corrected chi connectivity index (χ3v) is 9.68. The van der Waals surface area contributed by atoms with Crippen molar-refractivity contribution in [1.82, 2.24) is 9.97 Å². The number of fused-ring (bicyclic) bond motifs is 5. The van der Waals surface area contributed by atoms with E-state index in [1.54, 1.807) is 12.4 Å². The topological polar surface area (TPSA) is 83.3 Å². The van der Waals surface area contributed by atoms with Crippen molar-refractivity contribution in [3.05, 3.63) is 41.5 Å². The lowest BCUT2D eigenvalue weighted by molar-refractivity contribution is -0.136. The molecule has 0 bridgehead atoms. The Balaban J connectivity index is 1.59. The fourth-order valence-corrected chi connectivity index (χ4v) is 8.22. The van der Waals surface area contributed by atoms with Crippen molar-refractivity contribution in [2.75, 3.05) is 0 Å². The molecule has 5 heteroatoms. The maximum atomic E-state index is 11.8. The van der Waals surface area contributed by atoms with Crippen LogP contribution in [-0.2, 0) is 4.79 Å². The first-order valence-electron chi connectivity index (χ1n) is 12.4. The van der Waals surface area contributed by atoms with Crippen LogP contribution in [0.15, 0.2) is 35.8 Å². The first-order valence-corrected chi connectivity index (χ1v) is 12.4. The molecule has 4 aliphatic rings. The normalized spacial score (nSPS) is 40.9. The van der Waals surface area contributed by atoms with E-state index in [9.17, 15) is 15.0 Å². The molecule has 1 heterocycles. The molecule has 0 amide bonds. The SMILES string of the molecule is CC[C@H]1C=C2C[C@@H](O)CC[C@]2(C)[C@H]2CC[C@]3(C)C(c4cnccn4)=C(CC(=O)O)C[C@H]3[C@H]12. The predicted octanol–water partition coefficient (Wildman–Crippen LogP) is 5.27. The van der Waals surface area contributed by atoms with Gasteiger partial charge in [0.25, 0.3) is 0 Å². The van der Waals surface area contributed by atoms with Crippen molar-refractivity contribution in [2.24, 2.45) is 34.5 Å². The number of carboxylic acid groups (broad SMARTS) is 1. The molecule has 2 N–H and O–H groups in total. The molecule has 5 nitrogen and oxygen atoms in total. The van der Waals surface area contributed by atoms with Gasteiger partial charge in [0.1, 0.15) is 0 Å². The van der Waals surface area contributed by atoms with Crippen molar-refractivity contribution in [2.45, 2.75) is 78.2 Å². The summed E-state index contributed by atoms with van der Waals surface area (Å²) in [5.74, 6) is 1.31. The summed E-state index contributed by atoms with van der Waals surface area (Å²) in [6.07, 6.45) is 14.6. The molecule has 172 valence electrons. The highest BCUT2D eigenvalue weighted by Gasteiger charge is 2.60. The van der Waals surface area contributed by atoms with Crippen LogP contribution < -0.4 is 0 Å². The van der Waals surface area contributed by atoms with E-state index in [0.717, 1.165) is 61.8 Å². The Hall–Kier alpha value is -2.01. The van der Waals surface area contributed by atoms with Gasteiger partial charge in [0.05, 0.1) is 24.4 Å². The lowest BCUT2D eigenvalue weighted by Gasteiger charge is -2.59. The first-order chi connectivity index (χ1) is 15.3. The van der Waals surface area contributed by atoms with Gasteiger partial charge in [0.15, 0.2) is 0 Å². The number of aromatic nitrogens is 2. The fourth-order valence-electron chi connectivity index (χ4n) is 8.22. The zero-order valence-electron chi connectivity index (χ0n) is 19.6. The molecule has 5 rings (SSSR count). The van der Waals surface area contributed by atoms with Gasteiger partial charge in [-0.15, -0.1) is 0 Å². The van der Waals surface area contributed by atoms with Crippen LogP contribution in [0.4, 0.5) is 0 Å². The summed E-state index contributed by atoms with van der Waals surface area (Å²) in [6.45, 7) is 7.10. The second-order valence-electron chi connectivity index (χ2n) is 11.2. The van der Waals surface area contributed by atoms with Crippen LogP contribution in [0.3, 0.4) is 0 Å². The number of aliphatic carboxylic acids is 1. The molecule has 0 saturated heterocycles. The standard InChI is InChI=1S/C27H36N2O3/c1-4-16-11-18-14-19(30)5-7-26(18,2)20-6-8-27(3)21(24(16)20)12-17(13-23(31)32)25(27)22-15-28-9-10-29-22/h9-11,15-16,19-21,24,30H,4-8,12-14H2,1-3H3,(H,31,32)/t16-,19-,20-,21-,24+,26-,27-/m0/s1. The van der Waals surface area contributed by atoms with Crippen LogP contribution in [0.5, 0.6) is 0 Å². The molecule has 1 aromatic heterocycles. The second kappa shape index (κ2) is 7.79. The molecule has 2 fully saturated rings. The number of rotatable bonds is 4. The highest BCUT2D eigenvalue weighted by molar-refractivity contribution is 5.80. The summed E-state index contributed by atoms with van der Waals surface area (Å²) in [5, 5.41) is 20.1. The van der Waals surface area contributed by atoms with Gasteiger partial charge in [-0.2, -0.15) is 0 Å². The van der Waals surface area contributed by atoms with Gasteiger partial charge >= 0.3 is 5.97 Å². The predicted molar refractivity (Wildman–Crippen MR) is 123 cm³/mol. The quantitative estimate of drug-likeness (QED) is 0.628. The minimum Gasteiger partial charge on any atom is -0.481 e. The number of carbonyl (C=O) groups is 1. The summed E-state index contributed by atoms with van der Waals surface area (Å²) in [5.41, 5.74) is 4.66. The van der Waals surface area contributed by atoms with E-state index < -0.39 is 5.97 Å². The van der Waals surface area contributed by atoms with E-state index in [0.29, 0.717) is 23.7 Å². The average molecular weight is 437 g/mol. The molecule has 0 unspecified atom stereocenters. The molecular formula is C27H36N2O3. The second-order valence-corrected chi connectivity index (χ2v) is 11.2. The highest BCUT2D eigenvalue weighted by Crippen LogP contribution is 2.68. The molecule has 0 aliphatic heterocycles. The van der Waals surface area contributed by atoms with Crippen LogP contribution in [0.2, 0.25) is 0 Å². The Morgan fingerprint density at radius 3 is 2.59 bits per heavy atom. The number of hydrogen-bond donors (Lipinski definition) is 2. The highest BCUT2D eigenvalue weighted by atomic mass is 16.4. The van der Waals surface area contributed by atoms with Gasteiger partial charge in [-0.05, 0) is 85.0 Å². The van der Waals surface area contributed by atoms with Gasteiger partial charge in [-0.3, -0.25) is 14.8 Å². The van der Waals surface area contributed by atoms with Crippen LogP contribution in [0.25, 0.3) is 5.57 Å². The molecule has 2 saturated carbocycles. The van der Waals surface area contributed by atoms with E-state index in [4.69, 9.17) is 0 Å². The summed E-state index contributed by atoms with van der Waals surface area (Å²) in [6, 6.07) is 0. The number of allylic oxidation sites excluding steroid dienone is 2. The molecule has 7 atom stereocenters.